The molecule has 2 aromatic rings. The lowest BCUT2D eigenvalue weighted by Crippen LogP contribution is -2.28. The number of rotatable bonds is 5. The number of nitrogens with zero attached hydrogens (tertiary/aromatic N) is 1. The fourth-order valence-corrected chi connectivity index (χ4v) is 4.03. The zero-order valence-corrected chi connectivity index (χ0v) is 14.9. The van der Waals surface area contributed by atoms with E-state index >= 15 is 0 Å². The maximum absolute atomic E-state index is 12.2. The second-order valence-corrected chi connectivity index (χ2v) is 7.46. The second kappa shape index (κ2) is 7.73. The summed E-state index contributed by atoms with van der Waals surface area (Å²) in [5.74, 6) is -0.186. The van der Waals surface area contributed by atoms with Gasteiger partial charge < -0.3 is 0 Å². The van der Waals surface area contributed by atoms with Gasteiger partial charge in [0.1, 0.15) is 0 Å². The largest absolute Gasteiger partial charge is 0.293 e. The van der Waals surface area contributed by atoms with Gasteiger partial charge in [0.05, 0.1) is 4.91 Å². The van der Waals surface area contributed by atoms with Crippen molar-refractivity contribution < 1.29 is 9.59 Å². The van der Waals surface area contributed by atoms with Crippen molar-refractivity contribution in [2.45, 2.75) is 23.1 Å². The van der Waals surface area contributed by atoms with E-state index in [1.165, 1.54) is 9.80 Å². The number of benzene rings is 2. The van der Waals surface area contributed by atoms with Crippen LogP contribution in [0.5, 0.6) is 0 Å². The molecule has 1 aliphatic heterocycles. The van der Waals surface area contributed by atoms with Gasteiger partial charge in [-0.05, 0) is 54.1 Å². The van der Waals surface area contributed by atoms with Crippen molar-refractivity contribution in [2.75, 3.05) is 6.54 Å². The Bertz CT molecular complexity index is 770. The number of hydrogen-bond acceptors (Lipinski definition) is 4. The van der Waals surface area contributed by atoms with Crippen molar-refractivity contribution in [3.8, 4) is 0 Å². The van der Waals surface area contributed by atoms with Gasteiger partial charge in [-0.15, -0.1) is 0 Å². The monoisotopic (exact) mass is 355 g/mol. The number of hydrogen-bond donors (Lipinski definition) is 0. The first-order valence-corrected chi connectivity index (χ1v) is 9.39. The molecule has 2 aromatic carbocycles. The van der Waals surface area contributed by atoms with Crippen molar-refractivity contribution >= 4 is 40.7 Å². The molecule has 0 radical (unpaired) electrons. The minimum Gasteiger partial charge on any atom is -0.268 e. The lowest BCUT2D eigenvalue weighted by molar-refractivity contribution is -0.122. The molecule has 0 bridgehead atoms. The number of carbonyl (C=O) groups excluding carboxylic acids is 2. The summed E-state index contributed by atoms with van der Waals surface area (Å²) >= 11 is 2.71. The Morgan fingerprint density at radius 2 is 1.67 bits per heavy atom. The smallest absolute Gasteiger partial charge is 0.268 e. The van der Waals surface area contributed by atoms with Gasteiger partial charge in [-0.3, -0.25) is 14.5 Å². The molecule has 1 heterocycles. The van der Waals surface area contributed by atoms with Crippen LogP contribution in [0.1, 0.15) is 18.9 Å². The lowest BCUT2D eigenvalue weighted by atomic mass is 10.2. The Kier molecular flexibility index (Phi) is 5.43. The Balaban J connectivity index is 1.72. The predicted molar refractivity (Wildman–Crippen MR) is 100.0 cm³/mol. The fraction of sp³-hybridized carbons (Fsp3) is 0.158. The molecular weight excluding hydrogens is 338 g/mol. The molecule has 1 fully saturated rings. The van der Waals surface area contributed by atoms with Crippen LogP contribution in [0.3, 0.4) is 0 Å². The molecule has 0 atom stereocenters. The van der Waals surface area contributed by atoms with E-state index in [2.05, 4.69) is 12.1 Å². The van der Waals surface area contributed by atoms with Crippen molar-refractivity contribution in [3.63, 3.8) is 0 Å². The minimum absolute atomic E-state index is 0.177. The SMILES string of the molecule is CCCN1C(=O)S/C(=C/c2ccc(Sc3ccccc3)cc2)C1=O. The third-order valence-electron chi connectivity index (χ3n) is 3.48. The van der Waals surface area contributed by atoms with E-state index < -0.39 is 0 Å². The summed E-state index contributed by atoms with van der Waals surface area (Å²) in [6, 6.07) is 18.2. The first kappa shape index (κ1) is 16.9. The Labute approximate surface area is 150 Å². The standard InChI is InChI=1S/C19H17NO2S2/c1-2-12-20-18(21)17(24-19(20)22)13-14-8-10-16(11-9-14)23-15-6-4-3-5-7-15/h3-11,13H,2,12H2,1H3/b17-13+. The fourth-order valence-electron chi connectivity index (χ4n) is 2.32. The van der Waals surface area contributed by atoms with Crippen molar-refractivity contribution in [1.82, 2.24) is 4.90 Å². The van der Waals surface area contributed by atoms with Gasteiger partial charge in [0.25, 0.3) is 11.1 Å². The quantitative estimate of drug-likeness (QED) is 0.684. The van der Waals surface area contributed by atoms with Gasteiger partial charge in [-0.1, -0.05) is 49.0 Å². The third-order valence-corrected chi connectivity index (χ3v) is 5.40. The summed E-state index contributed by atoms with van der Waals surface area (Å²) < 4.78 is 0. The molecule has 0 aliphatic carbocycles. The maximum Gasteiger partial charge on any atom is 0.293 e. The summed E-state index contributed by atoms with van der Waals surface area (Å²) in [5, 5.41) is -0.177. The molecule has 0 N–H and O–H groups in total. The van der Waals surface area contributed by atoms with E-state index in [0.29, 0.717) is 11.4 Å². The van der Waals surface area contributed by atoms with Crippen molar-refractivity contribution in [2.24, 2.45) is 0 Å². The number of carbonyl (C=O) groups is 2. The van der Waals surface area contributed by atoms with Gasteiger partial charge in [0, 0.05) is 16.3 Å². The summed E-state index contributed by atoms with van der Waals surface area (Å²) in [6.07, 6.45) is 2.56. The van der Waals surface area contributed by atoms with E-state index in [0.717, 1.165) is 28.6 Å². The van der Waals surface area contributed by atoms with Gasteiger partial charge in [0.15, 0.2) is 0 Å². The average molecular weight is 355 g/mol. The molecule has 24 heavy (non-hydrogen) atoms. The predicted octanol–water partition coefficient (Wildman–Crippen LogP) is 5.28. The Morgan fingerprint density at radius 3 is 2.33 bits per heavy atom. The molecule has 3 nitrogen and oxygen atoms in total. The summed E-state index contributed by atoms with van der Waals surface area (Å²) in [4.78, 5) is 28.2. The molecule has 122 valence electrons. The molecule has 0 saturated carbocycles. The van der Waals surface area contributed by atoms with E-state index in [1.807, 2.05) is 49.4 Å². The highest BCUT2D eigenvalue weighted by Gasteiger charge is 2.34. The van der Waals surface area contributed by atoms with Gasteiger partial charge in [0.2, 0.25) is 0 Å². The normalized spacial score (nSPS) is 16.2. The average Bonchev–Trinajstić information content (AvgIpc) is 2.85. The molecule has 3 rings (SSSR count). The van der Waals surface area contributed by atoms with Crippen LogP contribution in [0, 0.1) is 0 Å². The highest BCUT2D eigenvalue weighted by molar-refractivity contribution is 8.18. The number of thioether (sulfide) groups is 1. The van der Waals surface area contributed by atoms with Crippen molar-refractivity contribution in [3.05, 3.63) is 65.1 Å². The van der Waals surface area contributed by atoms with Crippen LogP contribution >= 0.6 is 23.5 Å². The Hall–Kier alpha value is -1.98. The summed E-state index contributed by atoms with van der Waals surface area (Å²) in [5.41, 5.74) is 0.925. The zero-order valence-electron chi connectivity index (χ0n) is 13.3. The molecule has 2 amide bonds. The summed E-state index contributed by atoms with van der Waals surface area (Å²) in [6.45, 7) is 2.44. The third kappa shape index (κ3) is 3.91. The molecule has 0 aromatic heterocycles. The van der Waals surface area contributed by atoms with Crippen LogP contribution in [0.2, 0.25) is 0 Å². The molecule has 1 saturated heterocycles. The molecule has 1 aliphatic rings. The second-order valence-electron chi connectivity index (χ2n) is 5.32. The van der Waals surface area contributed by atoms with Crippen LogP contribution in [0.25, 0.3) is 6.08 Å². The van der Waals surface area contributed by atoms with Gasteiger partial charge >= 0.3 is 0 Å². The van der Waals surface area contributed by atoms with E-state index in [9.17, 15) is 9.59 Å². The molecular formula is C19H17NO2S2. The van der Waals surface area contributed by atoms with Crippen LogP contribution < -0.4 is 0 Å². The summed E-state index contributed by atoms with van der Waals surface area (Å²) in [7, 11) is 0. The van der Waals surface area contributed by atoms with Gasteiger partial charge in [-0.2, -0.15) is 0 Å². The van der Waals surface area contributed by atoms with Crippen LogP contribution in [-0.2, 0) is 4.79 Å². The number of amides is 2. The van der Waals surface area contributed by atoms with Crippen LogP contribution in [0.4, 0.5) is 4.79 Å². The topological polar surface area (TPSA) is 37.4 Å². The highest BCUT2D eigenvalue weighted by Crippen LogP contribution is 2.33. The van der Waals surface area contributed by atoms with Crippen molar-refractivity contribution in [1.29, 1.82) is 0 Å². The highest BCUT2D eigenvalue weighted by atomic mass is 32.2. The van der Waals surface area contributed by atoms with Crippen LogP contribution in [-0.4, -0.2) is 22.6 Å². The first-order valence-electron chi connectivity index (χ1n) is 7.75. The number of imide groups is 1. The zero-order chi connectivity index (χ0) is 16.9. The van der Waals surface area contributed by atoms with E-state index in [-0.39, 0.29) is 11.1 Å². The first-order chi connectivity index (χ1) is 11.7. The molecule has 5 heteroatoms. The molecule has 0 unspecified atom stereocenters. The Morgan fingerprint density at radius 1 is 1.00 bits per heavy atom. The maximum atomic E-state index is 12.2. The molecule has 0 spiro atoms. The lowest BCUT2D eigenvalue weighted by Gasteiger charge is -2.09. The van der Waals surface area contributed by atoms with E-state index in [4.69, 9.17) is 0 Å². The minimum atomic E-state index is -0.186. The van der Waals surface area contributed by atoms with Crippen LogP contribution in [0.15, 0.2) is 69.3 Å². The van der Waals surface area contributed by atoms with Gasteiger partial charge in [-0.25, -0.2) is 0 Å². The van der Waals surface area contributed by atoms with E-state index in [1.54, 1.807) is 17.8 Å².